The summed E-state index contributed by atoms with van der Waals surface area (Å²) in [5.74, 6) is -1.55. The van der Waals surface area contributed by atoms with E-state index in [0.717, 1.165) is 16.7 Å². The number of anilines is 1. The lowest BCUT2D eigenvalue weighted by molar-refractivity contribution is -0.144. The van der Waals surface area contributed by atoms with Crippen LogP contribution in [0.25, 0.3) is 11.1 Å². The third-order valence-corrected chi connectivity index (χ3v) is 7.35. The number of sulfonamides is 1. The lowest BCUT2D eigenvalue weighted by Crippen LogP contribution is -2.44. The van der Waals surface area contributed by atoms with Gasteiger partial charge in [0.15, 0.2) is 0 Å². The predicted molar refractivity (Wildman–Crippen MR) is 130 cm³/mol. The van der Waals surface area contributed by atoms with E-state index in [-0.39, 0.29) is 23.3 Å². The molecule has 0 bridgehead atoms. The molecule has 4 rings (SSSR count). The van der Waals surface area contributed by atoms with Crippen molar-refractivity contribution in [1.82, 2.24) is 4.90 Å². The molecule has 34 heavy (non-hydrogen) atoms. The minimum atomic E-state index is -3.79. The standard InChI is InChI=1S/C25H23ClN2O5S/c1-15(2)23(25(30)31)28-14-18-7-6-17(12-22(18)24(28)29)16-8-10-20(11-9-16)27-34(32,33)21-5-3-4-19(26)13-21/h3-13,15,23,27H,14H2,1-2H3,(H,30,31)/t23-/m0/s1. The highest BCUT2D eigenvalue weighted by Crippen LogP contribution is 2.32. The van der Waals surface area contributed by atoms with Crippen molar-refractivity contribution in [2.24, 2.45) is 5.92 Å². The molecule has 0 aromatic heterocycles. The van der Waals surface area contributed by atoms with Crippen LogP contribution in [0.3, 0.4) is 0 Å². The van der Waals surface area contributed by atoms with Gasteiger partial charge < -0.3 is 10.0 Å². The molecule has 1 aliphatic heterocycles. The number of carbonyl (C=O) groups excluding carboxylic acids is 1. The van der Waals surface area contributed by atoms with Crippen LogP contribution in [0.15, 0.2) is 71.6 Å². The van der Waals surface area contributed by atoms with Gasteiger partial charge in [-0.05, 0) is 59.0 Å². The Labute approximate surface area is 203 Å². The molecule has 0 radical (unpaired) electrons. The number of carboxylic acid groups (broad SMARTS) is 1. The Bertz CT molecular complexity index is 1370. The fourth-order valence-electron chi connectivity index (χ4n) is 4.09. The largest absolute Gasteiger partial charge is 0.480 e. The van der Waals surface area contributed by atoms with E-state index in [0.29, 0.717) is 16.3 Å². The molecule has 0 fully saturated rings. The number of hydrogen-bond donors (Lipinski definition) is 2. The summed E-state index contributed by atoms with van der Waals surface area (Å²) in [6.07, 6.45) is 0. The van der Waals surface area contributed by atoms with E-state index in [4.69, 9.17) is 11.6 Å². The van der Waals surface area contributed by atoms with Gasteiger partial charge in [0, 0.05) is 22.8 Å². The van der Waals surface area contributed by atoms with Crippen molar-refractivity contribution in [3.8, 4) is 11.1 Å². The van der Waals surface area contributed by atoms with E-state index in [1.807, 2.05) is 12.1 Å². The third kappa shape index (κ3) is 4.64. The number of halogens is 1. The Morgan fingerprint density at radius 2 is 1.71 bits per heavy atom. The smallest absolute Gasteiger partial charge is 0.326 e. The van der Waals surface area contributed by atoms with Crippen LogP contribution in [0.1, 0.15) is 29.8 Å². The topological polar surface area (TPSA) is 104 Å². The molecule has 7 nitrogen and oxygen atoms in total. The number of amides is 1. The van der Waals surface area contributed by atoms with Gasteiger partial charge in [0.1, 0.15) is 6.04 Å². The maximum atomic E-state index is 13.0. The summed E-state index contributed by atoms with van der Waals surface area (Å²) in [7, 11) is -3.79. The molecule has 176 valence electrons. The van der Waals surface area contributed by atoms with E-state index >= 15 is 0 Å². The molecule has 3 aromatic rings. The number of nitrogens with one attached hydrogen (secondary N) is 1. The monoisotopic (exact) mass is 498 g/mol. The number of carbonyl (C=O) groups is 2. The van der Waals surface area contributed by atoms with Crippen molar-refractivity contribution in [3.05, 3.63) is 82.9 Å². The molecule has 0 unspecified atom stereocenters. The summed E-state index contributed by atoms with van der Waals surface area (Å²) in [5.41, 5.74) is 3.21. The summed E-state index contributed by atoms with van der Waals surface area (Å²) >= 11 is 5.90. The predicted octanol–water partition coefficient (Wildman–Crippen LogP) is 4.87. The zero-order chi connectivity index (χ0) is 24.6. The zero-order valence-corrected chi connectivity index (χ0v) is 20.1. The number of rotatable bonds is 7. The second kappa shape index (κ2) is 9.12. The van der Waals surface area contributed by atoms with Crippen LogP contribution >= 0.6 is 11.6 Å². The summed E-state index contributed by atoms with van der Waals surface area (Å²) < 4.78 is 27.7. The first-order valence-electron chi connectivity index (χ1n) is 10.6. The molecule has 2 N–H and O–H groups in total. The van der Waals surface area contributed by atoms with E-state index in [1.165, 1.54) is 17.0 Å². The first kappa shape index (κ1) is 23.8. The molecule has 9 heteroatoms. The highest BCUT2D eigenvalue weighted by atomic mass is 35.5. The van der Waals surface area contributed by atoms with E-state index in [9.17, 15) is 23.1 Å². The van der Waals surface area contributed by atoms with Crippen molar-refractivity contribution in [2.75, 3.05) is 4.72 Å². The summed E-state index contributed by atoms with van der Waals surface area (Å²) in [5, 5.41) is 9.90. The Kier molecular flexibility index (Phi) is 6.38. The number of nitrogens with zero attached hydrogens (tertiary/aromatic N) is 1. The van der Waals surface area contributed by atoms with Crippen LogP contribution in [-0.2, 0) is 21.4 Å². The molecule has 0 saturated heterocycles. The second-order valence-corrected chi connectivity index (χ2v) is 10.6. The maximum Gasteiger partial charge on any atom is 0.326 e. The summed E-state index contributed by atoms with van der Waals surface area (Å²) in [6, 6.07) is 17.3. The van der Waals surface area contributed by atoms with Crippen LogP contribution in [-0.4, -0.2) is 36.3 Å². The second-order valence-electron chi connectivity index (χ2n) is 8.47. The minimum absolute atomic E-state index is 0.0619. The molecule has 1 aliphatic rings. The minimum Gasteiger partial charge on any atom is -0.480 e. The fraction of sp³-hybridized carbons (Fsp3) is 0.200. The van der Waals surface area contributed by atoms with Gasteiger partial charge >= 0.3 is 5.97 Å². The average molecular weight is 499 g/mol. The van der Waals surface area contributed by atoms with Crippen LogP contribution < -0.4 is 4.72 Å². The quantitative estimate of drug-likeness (QED) is 0.483. The van der Waals surface area contributed by atoms with Crippen LogP contribution in [0, 0.1) is 5.92 Å². The molecule has 3 aromatic carbocycles. The molecular formula is C25H23ClN2O5S. The number of carboxylic acids is 1. The third-order valence-electron chi connectivity index (χ3n) is 5.74. The zero-order valence-electron chi connectivity index (χ0n) is 18.5. The van der Waals surface area contributed by atoms with Gasteiger partial charge in [-0.2, -0.15) is 0 Å². The maximum absolute atomic E-state index is 13.0. The SMILES string of the molecule is CC(C)[C@@H](C(=O)O)N1Cc2ccc(-c3ccc(NS(=O)(=O)c4cccc(Cl)c4)cc3)cc2C1=O. The Balaban J connectivity index is 1.55. The molecule has 1 atom stereocenters. The highest BCUT2D eigenvalue weighted by molar-refractivity contribution is 7.92. The van der Waals surface area contributed by atoms with E-state index in [2.05, 4.69) is 4.72 Å². The first-order chi connectivity index (χ1) is 16.1. The molecule has 0 spiro atoms. The van der Waals surface area contributed by atoms with Crippen molar-refractivity contribution < 1.29 is 23.1 Å². The number of fused-ring (bicyclic) bond motifs is 1. The van der Waals surface area contributed by atoms with Gasteiger partial charge in [0.05, 0.1) is 4.90 Å². The van der Waals surface area contributed by atoms with Gasteiger partial charge in [-0.15, -0.1) is 0 Å². The van der Waals surface area contributed by atoms with Gasteiger partial charge in [-0.1, -0.05) is 55.8 Å². The summed E-state index contributed by atoms with van der Waals surface area (Å²) in [4.78, 5) is 26.1. The highest BCUT2D eigenvalue weighted by Gasteiger charge is 2.38. The number of aliphatic carboxylic acids is 1. The van der Waals surface area contributed by atoms with Crippen LogP contribution in [0.5, 0.6) is 0 Å². The van der Waals surface area contributed by atoms with Crippen LogP contribution in [0.2, 0.25) is 5.02 Å². The number of hydrogen-bond acceptors (Lipinski definition) is 4. The Morgan fingerprint density at radius 1 is 1.03 bits per heavy atom. The van der Waals surface area contributed by atoms with Gasteiger partial charge in [0.25, 0.3) is 15.9 Å². The van der Waals surface area contributed by atoms with Gasteiger partial charge in [-0.3, -0.25) is 9.52 Å². The number of benzene rings is 3. The average Bonchev–Trinajstić information content (AvgIpc) is 3.09. The summed E-state index contributed by atoms with van der Waals surface area (Å²) in [6.45, 7) is 3.82. The van der Waals surface area contributed by atoms with Crippen molar-refractivity contribution in [1.29, 1.82) is 0 Å². The molecular weight excluding hydrogens is 476 g/mol. The van der Waals surface area contributed by atoms with Crippen molar-refractivity contribution >= 4 is 39.2 Å². The molecule has 0 saturated carbocycles. The van der Waals surface area contributed by atoms with Gasteiger partial charge in [0.2, 0.25) is 0 Å². The lowest BCUT2D eigenvalue weighted by atomic mass is 10.0. The molecule has 0 aliphatic carbocycles. The van der Waals surface area contributed by atoms with Crippen molar-refractivity contribution in [2.45, 2.75) is 31.3 Å². The normalized spacial score (nSPS) is 14.2. The Hall–Kier alpha value is -3.36. The Morgan fingerprint density at radius 3 is 2.32 bits per heavy atom. The van der Waals surface area contributed by atoms with Crippen LogP contribution in [0.4, 0.5) is 5.69 Å². The molecule has 1 amide bonds. The molecule has 1 heterocycles. The first-order valence-corrected chi connectivity index (χ1v) is 12.5. The lowest BCUT2D eigenvalue weighted by Gasteiger charge is -2.27. The fourth-order valence-corrected chi connectivity index (χ4v) is 5.44. The van der Waals surface area contributed by atoms with E-state index < -0.39 is 22.0 Å². The van der Waals surface area contributed by atoms with Crippen molar-refractivity contribution in [3.63, 3.8) is 0 Å². The van der Waals surface area contributed by atoms with E-state index in [1.54, 1.807) is 56.3 Å². The van der Waals surface area contributed by atoms with Gasteiger partial charge in [-0.25, -0.2) is 13.2 Å².